The molecule has 0 aliphatic carbocycles. The number of carbonyl (C=O) groups is 1. The number of amides is 1. The first-order chi connectivity index (χ1) is 7.56. The fourth-order valence-corrected chi connectivity index (χ4v) is 1.18. The molecule has 0 unspecified atom stereocenters. The molecule has 0 spiro atoms. The average molecular weight is 221 g/mol. The molecule has 0 atom stereocenters. The Kier molecular flexibility index (Phi) is 4.43. The molecule has 1 aromatic rings. The highest BCUT2D eigenvalue weighted by atomic mass is 16.2. The highest BCUT2D eigenvalue weighted by molar-refractivity contribution is 5.81. The Morgan fingerprint density at radius 1 is 1.50 bits per heavy atom. The van der Waals surface area contributed by atoms with E-state index in [0.29, 0.717) is 13.1 Å². The molecule has 1 aromatic heterocycles. The van der Waals surface area contributed by atoms with Crippen molar-refractivity contribution >= 4 is 5.91 Å². The maximum Gasteiger partial charge on any atom is 0.226 e. The van der Waals surface area contributed by atoms with E-state index in [1.165, 1.54) is 0 Å². The van der Waals surface area contributed by atoms with Gasteiger partial charge in [0.15, 0.2) is 0 Å². The largest absolute Gasteiger partial charge is 0.355 e. The summed E-state index contributed by atoms with van der Waals surface area (Å²) in [5.41, 5.74) is 6.00. The minimum Gasteiger partial charge on any atom is -0.355 e. The molecule has 0 aliphatic heterocycles. The molecule has 0 saturated carbocycles. The highest BCUT2D eigenvalue weighted by Crippen LogP contribution is 2.11. The summed E-state index contributed by atoms with van der Waals surface area (Å²) in [5.74, 6) is -0.00840. The summed E-state index contributed by atoms with van der Waals surface area (Å²) in [6, 6.07) is 5.76. The number of rotatable bonds is 5. The number of hydrogen-bond acceptors (Lipinski definition) is 3. The van der Waals surface area contributed by atoms with Crippen molar-refractivity contribution < 1.29 is 4.79 Å². The SMILES string of the molecule is CC(C)(CN)C(=O)NCCc1ccccn1. The molecule has 1 heterocycles. The van der Waals surface area contributed by atoms with Crippen LogP contribution >= 0.6 is 0 Å². The van der Waals surface area contributed by atoms with Crippen molar-refractivity contribution in [2.24, 2.45) is 11.1 Å². The third-order valence-electron chi connectivity index (χ3n) is 2.52. The van der Waals surface area contributed by atoms with Crippen LogP contribution in [0.3, 0.4) is 0 Å². The summed E-state index contributed by atoms with van der Waals surface area (Å²) in [6.07, 6.45) is 2.49. The van der Waals surface area contributed by atoms with Crippen LogP contribution in [0, 0.1) is 5.41 Å². The Bertz CT molecular complexity index is 335. The second-order valence-electron chi connectivity index (χ2n) is 4.41. The van der Waals surface area contributed by atoms with Gasteiger partial charge in [0, 0.05) is 31.4 Å². The van der Waals surface area contributed by atoms with Crippen LogP contribution in [0.4, 0.5) is 0 Å². The van der Waals surface area contributed by atoms with Gasteiger partial charge >= 0.3 is 0 Å². The maximum atomic E-state index is 11.7. The van der Waals surface area contributed by atoms with Crippen molar-refractivity contribution in [2.75, 3.05) is 13.1 Å². The van der Waals surface area contributed by atoms with Crippen LogP contribution in [0.1, 0.15) is 19.5 Å². The Morgan fingerprint density at radius 2 is 2.25 bits per heavy atom. The number of pyridine rings is 1. The highest BCUT2D eigenvalue weighted by Gasteiger charge is 2.24. The second kappa shape index (κ2) is 5.61. The van der Waals surface area contributed by atoms with Gasteiger partial charge in [0.25, 0.3) is 0 Å². The van der Waals surface area contributed by atoms with Gasteiger partial charge in [-0.3, -0.25) is 9.78 Å². The first-order valence-corrected chi connectivity index (χ1v) is 5.44. The van der Waals surface area contributed by atoms with Crippen molar-refractivity contribution in [3.05, 3.63) is 30.1 Å². The Labute approximate surface area is 96.3 Å². The Balaban J connectivity index is 2.34. The lowest BCUT2D eigenvalue weighted by Crippen LogP contribution is -2.42. The summed E-state index contributed by atoms with van der Waals surface area (Å²) in [5, 5.41) is 2.86. The summed E-state index contributed by atoms with van der Waals surface area (Å²) in [4.78, 5) is 15.9. The van der Waals surface area contributed by atoms with E-state index in [1.54, 1.807) is 6.20 Å². The van der Waals surface area contributed by atoms with Crippen molar-refractivity contribution in [3.63, 3.8) is 0 Å². The molecule has 4 heteroatoms. The Morgan fingerprint density at radius 3 is 2.81 bits per heavy atom. The van der Waals surface area contributed by atoms with Crippen LogP contribution in [0.2, 0.25) is 0 Å². The van der Waals surface area contributed by atoms with E-state index in [1.807, 2.05) is 32.0 Å². The van der Waals surface area contributed by atoms with E-state index < -0.39 is 5.41 Å². The Hall–Kier alpha value is -1.42. The molecule has 16 heavy (non-hydrogen) atoms. The molecule has 1 amide bonds. The molecule has 0 radical (unpaired) electrons. The van der Waals surface area contributed by atoms with Crippen molar-refractivity contribution in [1.29, 1.82) is 0 Å². The monoisotopic (exact) mass is 221 g/mol. The molecule has 88 valence electrons. The number of carbonyl (C=O) groups excluding carboxylic acids is 1. The van der Waals surface area contributed by atoms with Crippen LogP contribution < -0.4 is 11.1 Å². The molecule has 1 rings (SSSR count). The van der Waals surface area contributed by atoms with E-state index in [2.05, 4.69) is 10.3 Å². The van der Waals surface area contributed by atoms with E-state index >= 15 is 0 Å². The quantitative estimate of drug-likeness (QED) is 0.770. The molecular weight excluding hydrogens is 202 g/mol. The van der Waals surface area contributed by atoms with Gasteiger partial charge < -0.3 is 11.1 Å². The number of nitrogens with two attached hydrogens (primary N) is 1. The molecule has 0 aliphatic rings. The maximum absolute atomic E-state index is 11.7. The van der Waals surface area contributed by atoms with E-state index in [9.17, 15) is 4.79 Å². The van der Waals surface area contributed by atoms with Crippen molar-refractivity contribution in [2.45, 2.75) is 20.3 Å². The number of hydrogen-bond donors (Lipinski definition) is 2. The first-order valence-electron chi connectivity index (χ1n) is 5.44. The van der Waals surface area contributed by atoms with Gasteiger partial charge in [0.05, 0.1) is 5.41 Å². The molecule has 0 saturated heterocycles. The third-order valence-corrected chi connectivity index (χ3v) is 2.52. The van der Waals surface area contributed by atoms with Gasteiger partial charge in [-0.1, -0.05) is 6.07 Å². The van der Waals surface area contributed by atoms with Crippen LogP contribution in [0.15, 0.2) is 24.4 Å². The van der Waals surface area contributed by atoms with Gasteiger partial charge in [-0.25, -0.2) is 0 Å². The zero-order valence-electron chi connectivity index (χ0n) is 9.86. The lowest BCUT2D eigenvalue weighted by atomic mass is 9.93. The fraction of sp³-hybridized carbons (Fsp3) is 0.500. The zero-order chi connectivity index (χ0) is 12.0. The second-order valence-corrected chi connectivity index (χ2v) is 4.41. The van der Waals surface area contributed by atoms with Crippen LogP contribution in [0.25, 0.3) is 0 Å². The van der Waals surface area contributed by atoms with E-state index in [0.717, 1.165) is 12.1 Å². The normalized spacial score (nSPS) is 11.2. The van der Waals surface area contributed by atoms with Gasteiger partial charge in [-0.2, -0.15) is 0 Å². The van der Waals surface area contributed by atoms with Gasteiger partial charge in [0.1, 0.15) is 0 Å². The molecule has 0 bridgehead atoms. The lowest BCUT2D eigenvalue weighted by molar-refractivity contribution is -0.128. The zero-order valence-corrected chi connectivity index (χ0v) is 9.86. The van der Waals surface area contributed by atoms with E-state index in [-0.39, 0.29) is 5.91 Å². The minimum absolute atomic E-state index is 0.00840. The van der Waals surface area contributed by atoms with E-state index in [4.69, 9.17) is 5.73 Å². The summed E-state index contributed by atoms with van der Waals surface area (Å²) >= 11 is 0. The predicted octanol–water partition coefficient (Wildman–Crippen LogP) is 0.725. The molecular formula is C12H19N3O. The fourth-order valence-electron chi connectivity index (χ4n) is 1.18. The predicted molar refractivity (Wildman–Crippen MR) is 63.8 cm³/mol. The van der Waals surface area contributed by atoms with Crippen LogP contribution in [-0.4, -0.2) is 24.0 Å². The van der Waals surface area contributed by atoms with Crippen LogP contribution in [-0.2, 0) is 11.2 Å². The smallest absolute Gasteiger partial charge is 0.226 e. The lowest BCUT2D eigenvalue weighted by Gasteiger charge is -2.21. The molecule has 3 N–H and O–H groups in total. The molecule has 0 fully saturated rings. The number of aromatic nitrogens is 1. The number of nitrogens with one attached hydrogen (secondary N) is 1. The van der Waals surface area contributed by atoms with Crippen molar-refractivity contribution in [3.8, 4) is 0 Å². The summed E-state index contributed by atoms with van der Waals surface area (Å²) in [7, 11) is 0. The summed E-state index contributed by atoms with van der Waals surface area (Å²) in [6.45, 7) is 4.62. The van der Waals surface area contributed by atoms with Gasteiger partial charge in [-0.15, -0.1) is 0 Å². The van der Waals surface area contributed by atoms with Crippen molar-refractivity contribution in [1.82, 2.24) is 10.3 Å². The molecule has 4 nitrogen and oxygen atoms in total. The first kappa shape index (κ1) is 12.6. The minimum atomic E-state index is -0.496. The molecule has 0 aromatic carbocycles. The van der Waals surface area contributed by atoms with Gasteiger partial charge in [-0.05, 0) is 26.0 Å². The third kappa shape index (κ3) is 3.62. The standard InChI is InChI=1S/C12H19N3O/c1-12(2,9-13)11(16)15-8-6-10-5-3-4-7-14-10/h3-5,7H,6,8-9,13H2,1-2H3,(H,15,16). The summed E-state index contributed by atoms with van der Waals surface area (Å²) < 4.78 is 0. The topological polar surface area (TPSA) is 68.0 Å². The number of nitrogens with zero attached hydrogens (tertiary/aromatic N) is 1. The average Bonchev–Trinajstić information content (AvgIpc) is 2.30. The van der Waals surface area contributed by atoms with Crippen LogP contribution in [0.5, 0.6) is 0 Å². The van der Waals surface area contributed by atoms with Gasteiger partial charge in [0.2, 0.25) is 5.91 Å².